The van der Waals surface area contributed by atoms with Crippen molar-refractivity contribution in [3.05, 3.63) is 174 Å². The molecule has 0 unspecified atom stereocenters. The van der Waals surface area contributed by atoms with Gasteiger partial charge in [0.1, 0.15) is 17.3 Å². The van der Waals surface area contributed by atoms with E-state index in [4.69, 9.17) is 4.74 Å². The first-order valence-electron chi connectivity index (χ1n) is 15.0. The van der Waals surface area contributed by atoms with Gasteiger partial charge in [0.05, 0.1) is 21.8 Å². The van der Waals surface area contributed by atoms with Crippen molar-refractivity contribution < 1.29 is 9.13 Å². The fourth-order valence-electron chi connectivity index (χ4n) is 8.04. The summed E-state index contributed by atoms with van der Waals surface area (Å²) in [5.74, 6) is 1.48. The van der Waals surface area contributed by atoms with Crippen LogP contribution in [0.15, 0.2) is 146 Å². The van der Waals surface area contributed by atoms with Crippen molar-refractivity contribution in [2.45, 2.75) is 5.41 Å². The fraction of sp³-hybridized carbons (Fsp3) is 0.0244. The fourth-order valence-corrected chi connectivity index (χ4v) is 8.04. The summed E-state index contributed by atoms with van der Waals surface area (Å²) in [4.78, 5) is 0. The average molecular weight is 566 g/mol. The number of rotatable bonds is 1. The molecule has 0 atom stereocenters. The Kier molecular flexibility index (Phi) is 4.58. The lowest BCUT2D eigenvalue weighted by Gasteiger charge is -2.39. The van der Waals surface area contributed by atoms with Crippen molar-refractivity contribution in [2.24, 2.45) is 0 Å². The molecule has 2 aliphatic rings. The molecule has 0 radical (unpaired) electrons. The monoisotopic (exact) mass is 565 g/mol. The Morgan fingerprint density at radius 3 is 1.89 bits per heavy atom. The van der Waals surface area contributed by atoms with Gasteiger partial charge >= 0.3 is 0 Å². The SMILES string of the molecule is Fc1ccc(-n2c3ccc4c(c3c3c5ccccc5ccc32)Oc2ccccc2C42c3ccccc3-c3ccccc32)cc1. The van der Waals surface area contributed by atoms with Crippen LogP contribution < -0.4 is 4.74 Å². The van der Waals surface area contributed by atoms with Crippen LogP contribution in [-0.2, 0) is 5.41 Å². The lowest BCUT2D eigenvalue weighted by molar-refractivity contribution is 0.442. The van der Waals surface area contributed by atoms with Crippen LogP contribution in [0.5, 0.6) is 11.5 Å². The van der Waals surface area contributed by atoms with Gasteiger partial charge in [0.2, 0.25) is 0 Å². The van der Waals surface area contributed by atoms with Crippen molar-refractivity contribution in [2.75, 3.05) is 0 Å². The molecule has 0 bridgehead atoms. The van der Waals surface area contributed by atoms with Gasteiger partial charge in [-0.2, -0.15) is 0 Å². The lowest BCUT2D eigenvalue weighted by Crippen LogP contribution is -2.32. The molecule has 206 valence electrons. The van der Waals surface area contributed by atoms with Gasteiger partial charge in [-0.1, -0.05) is 103 Å². The summed E-state index contributed by atoms with van der Waals surface area (Å²) in [6.45, 7) is 0. The molecule has 3 heteroatoms. The maximum atomic E-state index is 14.1. The van der Waals surface area contributed by atoms with E-state index in [0.29, 0.717) is 0 Å². The van der Waals surface area contributed by atoms with Crippen molar-refractivity contribution in [1.29, 1.82) is 0 Å². The molecular formula is C41H24FNO. The number of nitrogens with zero attached hydrogens (tertiary/aromatic N) is 1. The Balaban J connectivity index is 1.43. The molecule has 1 aliphatic carbocycles. The van der Waals surface area contributed by atoms with E-state index in [1.165, 1.54) is 39.8 Å². The van der Waals surface area contributed by atoms with Gasteiger partial charge in [0.25, 0.3) is 0 Å². The Bertz CT molecular complexity index is 2440. The number of ether oxygens (including phenoxy) is 1. The van der Waals surface area contributed by atoms with Crippen LogP contribution in [0.3, 0.4) is 0 Å². The second-order valence-electron chi connectivity index (χ2n) is 11.8. The van der Waals surface area contributed by atoms with E-state index in [2.05, 4.69) is 126 Å². The molecule has 0 fully saturated rings. The summed E-state index contributed by atoms with van der Waals surface area (Å²) >= 11 is 0. The summed E-state index contributed by atoms with van der Waals surface area (Å²) in [7, 11) is 0. The summed E-state index contributed by atoms with van der Waals surface area (Å²) < 4.78 is 23.4. The highest BCUT2D eigenvalue weighted by molar-refractivity contribution is 6.23. The van der Waals surface area contributed by atoms with Gasteiger partial charge in [-0.15, -0.1) is 0 Å². The number of hydrogen-bond acceptors (Lipinski definition) is 1. The number of aromatic nitrogens is 1. The van der Waals surface area contributed by atoms with Gasteiger partial charge in [0, 0.05) is 22.2 Å². The van der Waals surface area contributed by atoms with Crippen molar-refractivity contribution >= 4 is 32.6 Å². The molecule has 44 heavy (non-hydrogen) atoms. The molecule has 0 saturated carbocycles. The number of halogens is 1. The van der Waals surface area contributed by atoms with Gasteiger partial charge in [0.15, 0.2) is 0 Å². The number of benzene rings is 7. The first kappa shape index (κ1) is 23.8. The Hall–Kier alpha value is -5.67. The second-order valence-corrected chi connectivity index (χ2v) is 11.8. The smallest absolute Gasteiger partial charge is 0.142 e. The van der Waals surface area contributed by atoms with Gasteiger partial charge < -0.3 is 9.30 Å². The largest absolute Gasteiger partial charge is 0.456 e. The van der Waals surface area contributed by atoms with Crippen LogP contribution in [0, 0.1) is 5.82 Å². The van der Waals surface area contributed by atoms with Gasteiger partial charge in [-0.3, -0.25) is 0 Å². The Morgan fingerprint density at radius 1 is 0.500 bits per heavy atom. The topological polar surface area (TPSA) is 14.2 Å². The van der Waals surface area contributed by atoms with Crippen molar-refractivity contribution in [3.8, 4) is 28.3 Å². The molecule has 2 nitrogen and oxygen atoms in total. The van der Waals surface area contributed by atoms with Crippen LogP contribution in [0.2, 0.25) is 0 Å². The first-order chi connectivity index (χ1) is 21.7. The van der Waals surface area contributed by atoms with Crippen LogP contribution in [0.25, 0.3) is 49.4 Å². The molecule has 1 spiro atoms. The van der Waals surface area contributed by atoms with E-state index < -0.39 is 5.41 Å². The van der Waals surface area contributed by atoms with E-state index in [0.717, 1.165) is 55.5 Å². The third-order valence-corrected chi connectivity index (χ3v) is 9.72. The van der Waals surface area contributed by atoms with Crippen LogP contribution in [-0.4, -0.2) is 4.57 Å². The minimum absolute atomic E-state index is 0.252. The summed E-state index contributed by atoms with van der Waals surface area (Å²) in [6.07, 6.45) is 0. The number of fused-ring (bicyclic) bond motifs is 15. The predicted octanol–water partition coefficient (Wildman–Crippen LogP) is 10.5. The third-order valence-electron chi connectivity index (χ3n) is 9.72. The predicted molar refractivity (Wildman–Crippen MR) is 176 cm³/mol. The molecule has 7 aromatic carbocycles. The quantitative estimate of drug-likeness (QED) is 0.193. The lowest BCUT2D eigenvalue weighted by atomic mass is 9.66. The van der Waals surface area contributed by atoms with Crippen LogP contribution >= 0.6 is 0 Å². The van der Waals surface area contributed by atoms with E-state index in [-0.39, 0.29) is 5.82 Å². The molecule has 8 aromatic rings. The zero-order valence-corrected chi connectivity index (χ0v) is 23.6. The molecular weight excluding hydrogens is 541 g/mol. The van der Waals surface area contributed by atoms with Crippen LogP contribution in [0.1, 0.15) is 22.3 Å². The molecule has 10 rings (SSSR count). The molecule has 2 heterocycles. The zero-order chi connectivity index (χ0) is 29.0. The van der Waals surface area contributed by atoms with E-state index in [1.54, 1.807) is 0 Å². The standard InChI is InChI=1S/C41H24FNO/c42-26-18-20-27(21-19-26)43-35-23-17-25-9-1-2-10-28(25)38(35)39-36(43)24-22-34-40(39)44-37-16-8-7-15-33(37)41(34)31-13-5-3-11-29(31)30-12-4-6-14-32(30)41/h1-24H. The van der Waals surface area contributed by atoms with E-state index in [9.17, 15) is 4.39 Å². The first-order valence-corrected chi connectivity index (χ1v) is 15.0. The highest BCUT2D eigenvalue weighted by Gasteiger charge is 2.51. The summed E-state index contributed by atoms with van der Waals surface area (Å²) in [5.41, 5.74) is 9.77. The second kappa shape index (κ2) is 8.46. The van der Waals surface area contributed by atoms with E-state index >= 15 is 0 Å². The number of para-hydroxylation sites is 1. The third kappa shape index (κ3) is 2.84. The highest BCUT2D eigenvalue weighted by atomic mass is 19.1. The summed E-state index contributed by atoms with van der Waals surface area (Å²) in [6, 6.07) is 50.2. The zero-order valence-electron chi connectivity index (χ0n) is 23.6. The molecule has 1 aliphatic heterocycles. The van der Waals surface area contributed by atoms with Crippen molar-refractivity contribution in [3.63, 3.8) is 0 Å². The van der Waals surface area contributed by atoms with Gasteiger partial charge in [-0.05, 0) is 75.5 Å². The molecule has 1 aromatic heterocycles. The summed E-state index contributed by atoms with van der Waals surface area (Å²) in [5, 5.41) is 4.52. The maximum absolute atomic E-state index is 14.1. The van der Waals surface area contributed by atoms with E-state index in [1.807, 2.05) is 12.1 Å². The van der Waals surface area contributed by atoms with Gasteiger partial charge in [-0.25, -0.2) is 4.39 Å². The normalized spacial score (nSPS) is 13.9. The minimum atomic E-state index is -0.541. The maximum Gasteiger partial charge on any atom is 0.142 e. The molecule has 0 amide bonds. The minimum Gasteiger partial charge on any atom is -0.456 e. The Morgan fingerprint density at radius 2 is 1.11 bits per heavy atom. The molecule has 0 N–H and O–H groups in total. The highest BCUT2D eigenvalue weighted by Crippen LogP contribution is 2.63. The van der Waals surface area contributed by atoms with Crippen molar-refractivity contribution in [1.82, 2.24) is 4.57 Å². The average Bonchev–Trinajstić information content (AvgIpc) is 3.57. The van der Waals surface area contributed by atoms with Crippen LogP contribution in [0.4, 0.5) is 4.39 Å². The number of hydrogen-bond donors (Lipinski definition) is 0. The Labute approximate surface area is 253 Å². The molecule has 0 saturated heterocycles.